The summed E-state index contributed by atoms with van der Waals surface area (Å²) in [5.41, 5.74) is 2.90. The fraction of sp³-hybridized carbons (Fsp3) is 0.409. The summed E-state index contributed by atoms with van der Waals surface area (Å²) in [5, 5.41) is 3.08. The van der Waals surface area contributed by atoms with Gasteiger partial charge in [0.1, 0.15) is 12.4 Å². The molecule has 0 aromatic heterocycles. The Morgan fingerprint density at radius 2 is 1.68 bits per heavy atom. The Hall–Kier alpha value is -2.29. The molecule has 1 atom stereocenters. The van der Waals surface area contributed by atoms with Crippen LogP contribution in [0.4, 0.5) is 0 Å². The maximum Gasteiger partial charge on any atom is 0.255 e. The maximum atomic E-state index is 12.6. The molecule has 134 valence electrons. The zero-order valence-electron chi connectivity index (χ0n) is 15.7. The van der Waals surface area contributed by atoms with Crippen LogP contribution in [0, 0.1) is 12.8 Å². The average molecular weight is 339 g/mol. The summed E-state index contributed by atoms with van der Waals surface area (Å²) in [6.07, 6.45) is 2.09. The summed E-state index contributed by atoms with van der Waals surface area (Å²) in [4.78, 5) is 12.6. The predicted octanol–water partition coefficient (Wildman–Crippen LogP) is 5.13. The van der Waals surface area contributed by atoms with Gasteiger partial charge in [0.15, 0.2) is 0 Å². The van der Waals surface area contributed by atoms with E-state index >= 15 is 0 Å². The number of carbonyl (C=O) groups excluding carboxylic acids is 1. The molecule has 0 heterocycles. The van der Waals surface area contributed by atoms with Crippen LogP contribution in [-0.2, 0) is 6.61 Å². The van der Waals surface area contributed by atoms with Gasteiger partial charge < -0.3 is 10.1 Å². The van der Waals surface area contributed by atoms with Gasteiger partial charge >= 0.3 is 0 Å². The number of para-hydroxylation sites is 1. The van der Waals surface area contributed by atoms with Crippen molar-refractivity contribution < 1.29 is 9.53 Å². The van der Waals surface area contributed by atoms with Gasteiger partial charge in [0.2, 0.25) is 0 Å². The Morgan fingerprint density at radius 1 is 1.00 bits per heavy atom. The number of hydrogen-bond acceptors (Lipinski definition) is 2. The number of hydrogen-bond donors (Lipinski definition) is 1. The van der Waals surface area contributed by atoms with Crippen molar-refractivity contribution in [1.82, 2.24) is 5.32 Å². The minimum Gasteiger partial charge on any atom is -0.488 e. The number of nitrogens with one attached hydrogen (secondary N) is 1. The van der Waals surface area contributed by atoms with Gasteiger partial charge in [0.05, 0.1) is 5.56 Å². The Morgan fingerprint density at radius 3 is 2.40 bits per heavy atom. The molecule has 0 saturated heterocycles. The van der Waals surface area contributed by atoms with Gasteiger partial charge in [0.25, 0.3) is 5.91 Å². The summed E-state index contributed by atoms with van der Waals surface area (Å²) in [6.45, 7) is 8.97. The lowest BCUT2D eigenvalue weighted by Crippen LogP contribution is -2.33. The molecule has 1 amide bonds. The first-order valence-corrected chi connectivity index (χ1v) is 9.04. The molecule has 3 heteroatoms. The lowest BCUT2D eigenvalue weighted by atomic mass is 10.0. The van der Waals surface area contributed by atoms with Gasteiger partial charge in [-0.3, -0.25) is 4.79 Å². The number of ether oxygens (including phenoxy) is 1. The summed E-state index contributed by atoms with van der Waals surface area (Å²) in [7, 11) is 0. The number of rotatable bonds is 8. The predicted molar refractivity (Wildman–Crippen MR) is 103 cm³/mol. The van der Waals surface area contributed by atoms with Crippen LogP contribution in [0.1, 0.15) is 55.1 Å². The molecule has 0 radical (unpaired) electrons. The van der Waals surface area contributed by atoms with Crippen LogP contribution in [0.3, 0.4) is 0 Å². The van der Waals surface area contributed by atoms with Crippen LogP contribution >= 0.6 is 0 Å². The second-order valence-corrected chi connectivity index (χ2v) is 7.06. The molecular formula is C22H29NO2. The lowest BCUT2D eigenvalue weighted by molar-refractivity contribution is 0.0932. The third kappa shape index (κ3) is 5.93. The fourth-order valence-electron chi connectivity index (χ4n) is 2.66. The molecule has 0 aliphatic carbocycles. The fourth-order valence-corrected chi connectivity index (χ4v) is 2.66. The monoisotopic (exact) mass is 339 g/mol. The molecular weight excluding hydrogens is 310 g/mol. The minimum absolute atomic E-state index is 0.0726. The Kier molecular flexibility index (Phi) is 7.05. The SMILES string of the molecule is Cc1ccccc1COc1ccccc1C(=O)NC(C)CCC(C)C. The Balaban J connectivity index is 2.02. The van der Waals surface area contributed by atoms with E-state index in [1.807, 2.05) is 42.5 Å². The van der Waals surface area contributed by atoms with Gasteiger partial charge in [-0.1, -0.05) is 50.2 Å². The van der Waals surface area contributed by atoms with Crippen LogP contribution in [-0.4, -0.2) is 11.9 Å². The first kappa shape index (κ1) is 19.0. The molecule has 0 bridgehead atoms. The van der Waals surface area contributed by atoms with Crippen LogP contribution in [0.5, 0.6) is 5.75 Å². The summed E-state index contributed by atoms with van der Waals surface area (Å²) in [6, 6.07) is 15.7. The zero-order valence-corrected chi connectivity index (χ0v) is 15.7. The van der Waals surface area contributed by atoms with Crippen LogP contribution in [0.15, 0.2) is 48.5 Å². The first-order chi connectivity index (χ1) is 12.0. The van der Waals surface area contributed by atoms with E-state index in [4.69, 9.17) is 4.74 Å². The first-order valence-electron chi connectivity index (χ1n) is 9.04. The third-order valence-corrected chi connectivity index (χ3v) is 4.33. The highest BCUT2D eigenvalue weighted by atomic mass is 16.5. The third-order valence-electron chi connectivity index (χ3n) is 4.33. The molecule has 3 nitrogen and oxygen atoms in total. The molecule has 0 fully saturated rings. The van der Waals surface area contributed by atoms with Crippen LogP contribution in [0.25, 0.3) is 0 Å². The van der Waals surface area contributed by atoms with E-state index in [1.165, 1.54) is 5.56 Å². The average Bonchev–Trinajstić information content (AvgIpc) is 2.59. The van der Waals surface area contributed by atoms with Crippen LogP contribution in [0.2, 0.25) is 0 Å². The topological polar surface area (TPSA) is 38.3 Å². The van der Waals surface area contributed by atoms with Crippen molar-refractivity contribution in [3.05, 3.63) is 65.2 Å². The minimum atomic E-state index is -0.0726. The van der Waals surface area contributed by atoms with Crippen LogP contribution < -0.4 is 10.1 Å². The van der Waals surface area contributed by atoms with E-state index in [9.17, 15) is 4.79 Å². The standard InChI is InChI=1S/C22H29NO2/c1-16(2)13-14-18(4)23-22(24)20-11-7-8-12-21(20)25-15-19-10-6-5-9-17(19)3/h5-12,16,18H,13-15H2,1-4H3,(H,23,24). The van der Waals surface area contributed by atoms with E-state index in [2.05, 4.69) is 39.1 Å². The summed E-state index contributed by atoms with van der Waals surface area (Å²) >= 11 is 0. The van der Waals surface area contributed by atoms with E-state index < -0.39 is 0 Å². The summed E-state index contributed by atoms with van der Waals surface area (Å²) < 4.78 is 5.94. The quantitative estimate of drug-likeness (QED) is 0.724. The number of benzene rings is 2. The smallest absolute Gasteiger partial charge is 0.255 e. The van der Waals surface area contributed by atoms with Gasteiger partial charge in [-0.25, -0.2) is 0 Å². The summed E-state index contributed by atoms with van der Waals surface area (Å²) in [5.74, 6) is 1.19. The Bertz CT molecular complexity index is 694. The maximum absolute atomic E-state index is 12.6. The molecule has 2 aromatic rings. The van der Waals surface area contributed by atoms with Crippen molar-refractivity contribution in [2.24, 2.45) is 5.92 Å². The molecule has 0 aliphatic heterocycles. The van der Waals surface area contributed by atoms with Crippen molar-refractivity contribution in [3.8, 4) is 5.75 Å². The van der Waals surface area contributed by atoms with E-state index in [0.29, 0.717) is 23.8 Å². The zero-order chi connectivity index (χ0) is 18.2. The molecule has 0 aliphatic rings. The van der Waals surface area contributed by atoms with E-state index in [0.717, 1.165) is 18.4 Å². The highest BCUT2D eigenvalue weighted by Gasteiger charge is 2.15. The molecule has 1 N–H and O–H groups in total. The highest BCUT2D eigenvalue weighted by molar-refractivity contribution is 5.97. The molecule has 25 heavy (non-hydrogen) atoms. The molecule has 0 spiro atoms. The van der Waals surface area contributed by atoms with Gasteiger partial charge in [-0.05, 0) is 55.9 Å². The second-order valence-electron chi connectivity index (χ2n) is 7.06. The second kappa shape index (κ2) is 9.26. The molecule has 0 saturated carbocycles. The molecule has 2 aromatic carbocycles. The Labute approximate surface area is 151 Å². The van der Waals surface area contributed by atoms with E-state index in [-0.39, 0.29) is 11.9 Å². The van der Waals surface area contributed by atoms with Crippen molar-refractivity contribution in [1.29, 1.82) is 0 Å². The number of aryl methyl sites for hydroxylation is 1. The highest BCUT2D eigenvalue weighted by Crippen LogP contribution is 2.20. The van der Waals surface area contributed by atoms with Gasteiger partial charge in [-0.15, -0.1) is 0 Å². The van der Waals surface area contributed by atoms with Gasteiger partial charge in [0, 0.05) is 6.04 Å². The lowest BCUT2D eigenvalue weighted by Gasteiger charge is -2.17. The number of carbonyl (C=O) groups is 1. The van der Waals surface area contributed by atoms with Crippen molar-refractivity contribution in [3.63, 3.8) is 0 Å². The van der Waals surface area contributed by atoms with E-state index in [1.54, 1.807) is 0 Å². The van der Waals surface area contributed by atoms with Crippen molar-refractivity contribution in [2.45, 2.75) is 53.2 Å². The molecule has 2 rings (SSSR count). The van der Waals surface area contributed by atoms with Crippen molar-refractivity contribution in [2.75, 3.05) is 0 Å². The molecule has 1 unspecified atom stereocenters. The number of amides is 1. The normalized spacial score (nSPS) is 12.0. The largest absolute Gasteiger partial charge is 0.488 e. The van der Waals surface area contributed by atoms with Gasteiger partial charge in [-0.2, -0.15) is 0 Å². The van der Waals surface area contributed by atoms with Crippen molar-refractivity contribution >= 4 is 5.91 Å².